The Balaban J connectivity index is 2.99. The maximum absolute atomic E-state index is 9.74. The summed E-state index contributed by atoms with van der Waals surface area (Å²) < 4.78 is 0. The summed E-state index contributed by atoms with van der Waals surface area (Å²) >= 11 is 4.91. The third-order valence-electron chi connectivity index (χ3n) is 0.276. The monoisotopic (exact) mass is 107 g/mol. The van der Waals surface area contributed by atoms with Crippen molar-refractivity contribution in [3.8, 4) is 0 Å². The molecule has 1 radical (unpaired) electrons. The van der Waals surface area contributed by atoms with Gasteiger partial charge in [-0.25, -0.2) is 0 Å². The van der Waals surface area contributed by atoms with E-state index >= 15 is 0 Å². The Morgan fingerprint density at radius 3 is 2.50 bits per heavy atom. The maximum Gasteiger partial charge on any atom is 0.179 e. The molecule has 0 amide bonds. The minimum Gasteiger partial charge on any atom is -0.382 e. The zero-order chi connectivity index (χ0) is 4.99. The van der Waals surface area contributed by atoms with Crippen LogP contribution in [0, 0.1) is 6.61 Å². The van der Waals surface area contributed by atoms with Gasteiger partial charge in [0.1, 0.15) is 6.61 Å². The fourth-order valence-corrected chi connectivity index (χ4v) is 0.104. The average molecular weight is 108 g/mol. The molecule has 0 fully saturated rings. The molecule has 0 aliphatic rings. The van der Waals surface area contributed by atoms with E-state index in [1.807, 2.05) is 0 Å². The second-order valence-corrected chi connectivity index (χ2v) is 0.996. The lowest BCUT2D eigenvalue weighted by Crippen LogP contribution is -1.96. The van der Waals surface area contributed by atoms with Gasteiger partial charge in [-0.15, -0.1) is 11.6 Å². The number of rotatable bonds is 2. The van der Waals surface area contributed by atoms with E-state index in [-0.39, 0.29) is 5.88 Å². The van der Waals surface area contributed by atoms with Crippen molar-refractivity contribution < 1.29 is 9.90 Å². The summed E-state index contributed by atoms with van der Waals surface area (Å²) in [6, 6.07) is 0. The first kappa shape index (κ1) is 5.92. The molecule has 3 heteroatoms. The third kappa shape index (κ3) is 2.18. The molecule has 0 saturated heterocycles. The van der Waals surface area contributed by atoms with Crippen LogP contribution in [0.4, 0.5) is 0 Å². The van der Waals surface area contributed by atoms with E-state index in [2.05, 4.69) is 0 Å². The van der Waals surface area contributed by atoms with Gasteiger partial charge < -0.3 is 5.11 Å². The molecule has 0 aromatic carbocycles. The molecule has 0 aliphatic carbocycles. The number of hydrogen-bond acceptors (Lipinski definition) is 2. The van der Waals surface area contributed by atoms with Crippen LogP contribution in [0.3, 0.4) is 0 Å². The van der Waals surface area contributed by atoms with Crippen LogP contribution in [-0.4, -0.2) is 16.8 Å². The van der Waals surface area contributed by atoms with Crippen LogP contribution in [0.15, 0.2) is 0 Å². The van der Waals surface area contributed by atoms with E-state index in [0.29, 0.717) is 6.61 Å². The number of aliphatic hydroxyl groups is 1. The molecule has 0 saturated carbocycles. The van der Waals surface area contributed by atoms with E-state index in [1.54, 1.807) is 0 Å². The van der Waals surface area contributed by atoms with Crippen LogP contribution < -0.4 is 0 Å². The van der Waals surface area contributed by atoms with Gasteiger partial charge in [0, 0.05) is 0 Å². The second-order valence-electron chi connectivity index (χ2n) is 0.729. The van der Waals surface area contributed by atoms with Crippen molar-refractivity contribution in [1.29, 1.82) is 0 Å². The van der Waals surface area contributed by atoms with Gasteiger partial charge in [-0.2, -0.15) is 0 Å². The Kier molecular flexibility index (Phi) is 3.08. The van der Waals surface area contributed by atoms with Crippen molar-refractivity contribution in [2.75, 3.05) is 5.88 Å². The Morgan fingerprint density at radius 2 is 2.50 bits per heavy atom. The Labute approximate surface area is 40.7 Å². The summed E-state index contributed by atoms with van der Waals surface area (Å²) in [6.07, 6.45) is 0. The van der Waals surface area contributed by atoms with Crippen LogP contribution in [-0.2, 0) is 4.79 Å². The van der Waals surface area contributed by atoms with Crippen molar-refractivity contribution in [3.63, 3.8) is 0 Å². The van der Waals surface area contributed by atoms with Gasteiger partial charge in [0.25, 0.3) is 0 Å². The van der Waals surface area contributed by atoms with E-state index in [1.165, 1.54) is 0 Å². The lowest BCUT2D eigenvalue weighted by molar-refractivity contribution is -0.116. The highest BCUT2D eigenvalue weighted by Crippen LogP contribution is 1.77. The molecule has 0 aliphatic heterocycles. The zero-order valence-electron chi connectivity index (χ0n) is 3.02. The lowest BCUT2D eigenvalue weighted by atomic mass is 10.5. The first-order valence-corrected chi connectivity index (χ1v) is 1.91. The summed E-state index contributed by atoms with van der Waals surface area (Å²) in [5.74, 6) is -0.604. The van der Waals surface area contributed by atoms with Gasteiger partial charge in [0.15, 0.2) is 5.78 Å². The van der Waals surface area contributed by atoms with E-state index in [9.17, 15) is 4.79 Å². The minimum atomic E-state index is -0.461. The summed E-state index contributed by atoms with van der Waals surface area (Å²) in [4.78, 5) is 9.74. The zero-order valence-corrected chi connectivity index (χ0v) is 3.77. The molecule has 0 unspecified atom stereocenters. The summed E-state index contributed by atoms with van der Waals surface area (Å²) in [5, 5.41) is 7.78. The molecule has 0 bridgehead atoms. The normalized spacial score (nSPS) is 8.33. The quantitative estimate of drug-likeness (QED) is 0.517. The molecule has 0 aromatic heterocycles. The molecule has 0 spiro atoms. The number of ketones is 1. The second kappa shape index (κ2) is 3.12. The lowest BCUT2D eigenvalue weighted by Gasteiger charge is -1.78. The average Bonchev–Trinajstić information content (AvgIpc) is 1.65. The Hall–Kier alpha value is -0.0800. The van der Waals surface area contributed by atoms with Crippen molar-refractivity contribution in [1.82, 2.24) is 0 Å². The molecule has 0 atom stereocenters. The number of aliphatic hydroxyl groups excluding tert-OH is 1. The summed E-state index contributed by atoms with van der Waals surface area (Å²) in [5.41, 5.74) is 0. The third-order valence-corrected chi connectivity index (χ3v) is 0.539. The molecule has 0 heterocycles. The summed E-state index contributed by atoms with van der Waals surface area (Å²) in [7, 11) is 0. The van der Waals surface area contributed by atoms with Gasteiger partial charge in [-0.3, -0.25) is 4.79 Å². The molecule has 6 heavy (non-hydrogen) atoms. The van der Waals surface area contributed by atoms with E-state index in [0.717, 1.165) is 0 Å². The number of Topliss-reactive ketones (excluding diaryl/α,β-unsaturated/α-hetero) is 1. The predicted octanol–water partition coefficient (Wildman–Crippen LogP) is 0.329. The van der Waals surface area contributed by atoms with Gasteiger partial charge in [0.05, 0.1) is 5.88 Å². The van der Waals surface area contributed by atoms with Gasteiger partial charge in [-0.1, -0.05) is 0 Å². The number of carbonyl (C=O) groups excluding carboxylic acids is 1. The van der Waals surface area contributed by atoms with Crippen molar-refractivity contribution >= 4 is 17.4 Å². The molecule has 0 rings (SSSR count). The number of hydrogen-bond donors (Lipinski definition) is 1. The highest BCUT2D eigenvalue weighted by molar-refractivity contribution is 6.28. The van der Waals surface area contributed by atoms with E-state index < -0.39 is 5.78 Å². The maximum atomic E-state index is 9.74. The highest BCUT2D eigenvalue weighted by atomic mass is 35.5. The number of alkyl halides is 1. The van der Waals surface area contributed by atoms with Crippen LogP contribution in [0.1, 0.15) is 0 Å². The van der Waals surface area contributed by atoms with Gasteiger partial charge in [0.2, 0.25) is 0 Å². The molecular formula is C3H4ClO2. The predicted molar refractivity (Wildman–Crippen MR) is 22.0 cm³/mol. The highest BCUT2D eigenvalue weighted by Gasteiger charge is 1.91. The minimum absolute atomic E-state index is 0.142. The summed E-state index contributed by atoms with van der Waals surface area (Å²) in [6.45, 7) is 0.451. The van der Waals surface area contributed by atoms with Crippen molar-refractivity contribution in [2.45, 2.75) is 0 Å². The van der Waals surface area contributed by atoms with Crippen LogP contribution in [0.25, 0.3) is 0 Å². The first-order valence-electron chi connectivity index (χ1n) is 1.37. The smallest absolute Gasteiger partial charge is 0.179 e. The van der Waals surface area contributed by atoms with Gasteiger partial charge in [-0.05, 0) is 0 Å². The van der Waals surface area contributed by atoms with E-state index in [4.69, 9.17) is 16.7 Å². The number of halogens is 1. The van der Waals surface area contributed by atoms with Crippen LogP contribution in [0.5, 0.6) is 0 Å². The Morgan fingerprint density at radius 1 is 2.00 bits per heavy atom. The molecular weight excluding hydrogens is 103 g/mol. The van der Waals surface area contributed by atoms with Gasteiger partial charge >= 0.3 is 0 Å². The SMILES string of the molecule is O=C([CH]O)CCl. The van der Waals surface area contributed by atoms with Crippen LogP contribution >= 0.6 is 11.6 Å². The van der Waals surface area contributed by atoms with Crippen molar-refractivity contribution in [3.05, 3.63) is 6.61 Å². The standard InChI is InChI=1S/C3H4ClO2/c4-1-3(6)2-5/h2,5H,1H2. The molecule has 0 aromatic rings. The topological polar surface area (TPSA) is 37.3 Å². The largest absolute Gasteiger partial charge is 0.382 e. The van der Waals surface area contributed by atoms with Crippen LogP contribution in [0.2, 0.25) is 0 Å². The fourth-order valence-electron chi connectivity index (χ4n) is 0.0345. The number of carbonyl (C=O) groups is 1. The Bertz CT molecular complexity index is 46.8. The molecule has 35 valence electrons. The molecule has 1 N–H and O–H groups in total. The molecule has 2 nitrogen and oxygen atoms in total. The fraction of sp³-hybridized carbons (Fsp3) is 0.333. The first-order chi connectivity index (χ1) is 2.81. The van der Waals surface area contributed by atoms with Crippen molar-refractivity contribution in [2.24, 2.45) is 0 Å².